The molecule has 7 heteroatoms. The number of aliphatic imine (C=N–C) groups is 1. The number of aromatic amines is 2. The van der Waals surface area contributed by atoms with Gasteiger partial charge in [-0.15, -0.1) is 0 Å². The van der Waals surface area contributed by atoms with Crippen LogP contribution in [0.15, 0.2) is 38.8 Å². The van der Waals surface area contributed by atoms with Crippen molar-refractivity contribution in [2.45, 2.75) is 13.8 Å². The van der Waals surface area contributed by atoms with Crippen molar-refractivity contribution >= 4 is 17.2 Å². The van der Waals surface area contributed by atoms with Gasteiger partial charge in [-0.05, 0) is 38.1 Å². The van der Waals surface area contributed by atoms with E-state index in [1.165, 1.54) is 13.8 Å². The predicted molar refractivity (Wildman–Crippen MR) is 77.7 cm³/mol. The molecule has 0 atom stereocenters. The maximum atomic E-state index is 11.7. The Morgan fingerprint density at radius 2 is 1.71 bits per heavy atom. The fourth-order valence-corrected chi connectivity index (χ4v) is 1.83. The smallest absolute Gasteiger partial charge is 0.328 e. The van der Waals surface area contributed by atoms with Crippen LogP contribution in [0.1, 0.15) is 29.8 Å². The number of benzene rings is 1. The quantitative estimate of drug-likeness (QED) is 0.579. The molecule has 0 fully saturated rings. The van der Waals surface area contributed by atoms with Crippen LogP contribution in [-0.4, -0.2) is 26.6 Å². The fourth-order valence-electron chi connectivity index (χ4n) is 1.83. The Labute approximate surface area is 119 Å². The van der Waals surface area contributed by atoms with E-state index >= 15 is 0 Å². The molecule has 7 nitrogen and oxygen atoms in total. The molecule has 0 aliphatic carbocycles. The molecule has 0 saturated carbocycles. The topological polar surface area (TPSA) is 115 Å². The van der Waals surface area contributed by atoms with Gasteiger partial charge in [0.05, 0.1) is 11.4 Å². The monoisotopic (exact) mass is 287 g/mol. The molecule has 0 saturated heterocycles. The average Bonchev–Trinajstić information content (AvgIpc) is 2.37. The minimum atomic E-state index is -0.792. The summed E-state index contributed by atoms with van der Waals surface area (Å²) in [4.78, 5) is 42.1. The highest BCUT2D eigenvalue weighted by Crippen LogP contribution is 2.16. The van der Waals surface area contributed by atoms with Crippen LogP contribution in [0.25, 0.3) is 0 Å². The number of hydrogen-bond acceptors (Lipinski definition) is 5. The van der Waals surface area contributed by atoms with Crippen molar-refractivity contribution in [2.75, 3.05) is 0 Å². The van der Waals surface area contributed by atoms with Crippen molar-refractivity contribution in [1.29, 1.82) is 0 Å². The summed E-state index contributed by atoms with van der Waals surface area (Å²) in [5.41, 5.74) is -0.317. The van der Waals surface area contributed by atoms with E-state index in [1.54, 1.807) is 24.3 Å². The largest absolute Gasteiger partial charge is 0.494 e. The van der Waals surface area contributed by atoms with Gasteiger partial charge in [-0.2, -0.15) is 0 Å². The molecule has 108 valence electrons. The maximum Gasteiger partial charge on any atom is 0.328 e. The van der Waals surface area contributed by atoms with Gasteiger partial charge in [0, 0.05) is 5.56 Å². The molecule has 0 unspecified atom stereocenters. The van der Waals surface area contributed by atoms with Crippen molar-refractivity contribution in [1.82, 2.24) is 9.97 Å². The molecular weight excluding hydrogens is 274 g/mol. The zero-order valence-electron chi connectivity index (χ0n) is 11.4. The van der Waals surface area contributed by atoms with Crippen LogP contribution in [0.2, 0.25) is 0 Å². The second-order valence-electron chi connectivity index (χ2n) is 4.43. The number of rotatable bonds is 3. The average molecular weight is 287 g/mol. The molecular formula is C14H13N3O4. The number of nitrogens with zero attached hydrogens (tertiary/aromatic N) is 1. The summed E-state index contributed by atoms with van der Waals surface area (Å²) >= 11 is 0. The lowest BCUT2D eigenvalue weighted by Crippen LogP contribution is -2.27. The number of ketones is 1. The van der Waals surface area contributed by atoms with E-state index < -0.39 is 17.1 Å². The Morgan fingerprint density at radius 3 is 2.24 bits per heavy atom. The summed E-state index contributed by atoms with van der Waals surface area (Å²) in [7, 11) is 0. The van der Waals surface area contributed by atoms with Crippen LogP contribution < -0.4 is 11.2 Å². The van der Waals surface area contributed by atoms with Crippen LogP contribution in [0.5, 0.6) is 5.88 Å². The van der Waals surface area contributed by atoms with Gasteiger partial charge < -0.3 is 5.11 Å². The van der Waals surface area contributed by atoms with Gasteiger partial charge in [-0.1, -0.05) is 0 Å². The van der Waals surface area contributed by atoms with Crippen molar-refractivity contribution in [3.63, 3.8) is 0 Å². The molecule has 0 bridgehead atoms. The highest BCUT2D eigenvalue weighted by molar-refractivity contribution is 6.01. The molecule has 0 radical (unpaired) electrons. The fraction of sp³-hybridized carbons (Fsp3) is 0.143. The van der Waals surface area contributed by atoms with E-state index in [9.17, 15) is 19.5 Å². The third kappa shape index (κ3) is 3.14. The Balaban J connectivity index is 2.44. The molecule has 21 heavy (non-hydrogen) atoms. The molecule has 3 N–H and O–H groups in total. The zero-order chi connectivity index (χ0) is 15.6. The second-order valence-corrected chi connectivity index (χ2v) is 4.43. The van der Waals surface area contributed by atoms with Gasteiger partial charge in [0.25, 0.3) is 5.56 Å². The molecule has 1 heterocycles. The molecule has 2 aromatic rings. The van der Waals surface area contributed by atoms with E-state index in [2.05, 4.69) is 9.98 Å². The van der Waals surface area contributed by atoms with Crippen molar-refractivity contribution in [3.8, 4) is 5.88 Å². The zero-order valence-corrected chi connectivity index (χ0v) is 11.4. The minimum Gasteiger partial charge on any atom is -0.494 e. The summed E-state index contributed by atoms with van der Waals surface area (Å²) in [6.07, 6.45) is 0. The van der Waals surface area contributed by atoms with Crippen LogP contribution in [-0.2, 0) is 0 Å². The molecule has 0 amide bonds. The Morgan fingerprint density at radius 1 is 1.10 bits per heavy atom. The van der Waals surface area contributed by atoms with Gasteiger partial charge >= 0.3 is 5.69 Å². The first-order valence-corrected chi connectivity index (χ1v) is 6.10. The Bertz CT molecular complexity index is 829. The van der Waals surface area contributed by atoms with E-state index in [0.29, 0.717) is 11.3 Å². The first kappa shape index (κ1) is 14.4. The third-order valence-electron chi connectivity index (χ3n) is 2.86. The summed E-state index contributed by atoms with van der Waals surface area (Å²) in [6, 6.07) is 6.48. The number of carbonyl (C=O) groups is 1. The molecule has 0 aliphatic rings. The van der Waals surface area contributed by atoms with Crippen LogP contribution in [0.4, 0.5) is 5.69 Å². The summed E-state index contributed by atoms with van der Waals surface area (Å²) in [5.74, 6) is -0.595. The maximum absolute atomic E-state index is 11.7. The van der Waals surface area contributed by atoms with Crippen LogP contribution >= 0.6 is 0 Å². The third-order valence-corrected chi connectivity index (χ3v) is 2.86. The number of Topliss-reactive ketones (excluding diaryl/α,β-unsaturated/α-hetero) is 1. The van der Waals surface area contributed by atoms with Gasteiger partial charge in [-0.3, -0.25) is 24.5 Å². The normalized spacial score (nSPS) is 11.4. The Kier molecular flexibility index (Phi) is 3.84. The first-order valence-electron chi connectivity index (χ1n) is 6.10. The number of aromatic hydroxyl groups is 1. The van der Waals surface area contributed by atoms with Crippen molar-refractivity contribution in [2.24, 2.45) is 4.99 Å². The molecule has 1 aromatic carbocycles. The van der Waals surface area contributed by atoms with Crippen LogP contribution in [0, 0.1) is 0 Å². The van der Waals surface area contributed by atoms with Crippen molar-refractivity contribution < 1.29 is 9.90 Å². The lowest BCUT2D eigenvalue weighted by atomic mass is 10.1. The second kappa shape index (κ2) is 5.58. The van der Waals surface area contributed by atoms with Gasteiger partial charge in [0.1, 0.15) is 5.56 Å². The number of hydrogen-bond donors (Lipinski definition) is 3. The SMILES string of the molecule is CC(=O)c1ccc(N=C(C)c2c(O)[nH]c(=O)[nH]c2=O)cc1. The number of H-pyrrole nitrogens is 2. The standard InChI is InChI=1S/C14H13N3O4/c1-7(11-12(19)16-14(21)17-13(11)20)15-10-5-3-9(4-6-10)8(2)18/h3-6H,1-2H3,(H3,16,17,19,20,21). The molecule has 1 aromatic heterocycles. The van der Waals surface area contributed by atoms with E-state index in [4.69, 9.17) is 0 Å². The summed E-state index contributed by atoms with van der Waals surface area (Å²) in [5, 5.41) is 9.64. The lowest BCUT2D eigenvalue weighted by molar-refractivity contribution is 0.101. The highest BCUT2D eigenvalue weighted by atomic mass is 16.3. The minimum absolute atomic E-state index is 0.0584. The number of carbonyl (C=O) groups excluding carboxylic acids is 1. The number of nitrogens with one attached hydrogen (secondary N) is 2. The Hall–Kier alpha value is -2.96. The van der Waals surface area contributed by atoms with E-state index in [0.717, 1.165) is 0 Å². The molecule has 0 spiro atoms. The van der Waals surface area contributed by atoms with Gasteiger partial charge in [-0.25, -0.2) is 4.79 Å². The summed E-state index contributed by atoms with van der Waals surface area (Å²) < 4.78 is 0. The highest BCUT2D eigenvalue weighted by Gasteiger charge is 2.11. The van der Waals surface area contributed by atoms with Gasteiger partial charge in [0.15, 0.2) is 5.78 Å². The van der Waals surface area contributed by atoms with E-state index in [1.807, 2.05) is 4.98 Å². The van der Waals surface area contributed by atoms with Gasteiger partial charge in [0.2, 0.25) is 5.88 Å². The number of aromatic nitrogens is 2. The van der Waals surface area contributed by atoms with Crippen LogP contribution in [0.3, 0.4) is 0 Å². The first-order chi connectivity index (χ1) is 9.88. The molecule has 2 rings (SSSR count). The molecule has 0 aliphatic heterocycles. The predicted octanol–water partition coefficient (Wildman–Crippen LogP) is 1.11. The summed E-state index contributed by atoms with van der Waals surface area (Å²) in [6.45, 7) is 2.99. The van der Waals surface area contributed by atoms with E-state index in [-0.39, 0.29) is 17.1 Å². The van der Waals surface area contributed by atoms with Crippen molar-refractivity contribution in [3.05, 3.63) is 56.2 Å². The lowest BCUT2D eigenvalue weighted by Gasteiger charge is -2.03.